The third-order valence-corrected chi connectivity index (χ3v) is 2.56. The second-order valence-corrected chi connectivity index (χ2v) is 4.05. The summed E-state index contributed by atoms with van der Waals surface area (Å²) in [6.45, 7) is 4.48. The van der Waals surface area contributed by atoms with Crippen molar-refractivity contribution >= 4 is 17.7 Å². The van der Waals surface area contributed by atoms with Crippen molar-refractivity contribution in [3.05, 3.63) is 23.4 Å². The Morgan fingerprint density at radius 1 is 1.47 bits per heavy atom. The lowest BCUT2D eigenvalue weighted by atomic mass is 10.1. The SMILES string of the molecule is CCOC(=O)CCCNc1nccc(C)c1C(N)=O. The summed E-state index contributed by atoms with van der Waals surface area (Å²) in [5.41, 5.74) is 6.48. The molecule has 3 N–H and O–H groups in total. The summed E-state index contributed by atoms with van der Waals surface area (Å²) >= 11 is 0. The minimum absolute atomic E-state index is 0.225. The molecule has 6 nitrogen and oxygen atoms in total. The van der Waals surface area contributed by atoms with Crippen molar-refractivity contribution in [2.75, 3.05) is 18.5 Å². The Labute approximate surface area is 112 Å². The van der Waals surface area contributed by atoms with E-state index in [0.717, 1.165) is 5.56 Å². The van der Waals surface area contributed by atoms with Crippen LogP contribution >= 0.6 is 0 Å². The van der Waals surface area contributed by atoms with E-state index in [4.69, 9.17) is 10.5 Å². The molecule has 0 spiro atoms. The highest BCUT2D eigenvalue weighted by Gasteiger charge is 2.12. The number of carbonyl (C=O) groups is 2. The number of carbonyl (C=O) groups excluding carboxylic acids is 2. The quantitative estimate of drug-likeness (QED) is 0.571. The lowest BCUT2D eigenvalue weighted by Crippen LogP contribution is -2.18. The van der Waals surface area contributed by atoms with Gasteiger partial charge in [-0.15, -0.1) is 0 Å². The van der Waals surface area contributed by atoms with Crippen molar-refractivity contribution in [3.63, 3.8) is 0 Å². The fourth-order valence-electron chi connectivity index (χ4n) is 1.68. The van der Waals surface area contributed by atoms with E-state index in [1.807, 2.05) is 0 Å². The standard InChI is InChI=1S/C13H19N3O3/c1-3-19-10(17)5-4-7-15-13-11(12(14)18)9(2)6-8-16-13/h6,8H,3-5,7H2,1-2H3,(H2,14,18)(H,15,16). The van der Waals surface area contributed by atoms with Gasteiger partial charge in [-0.2, -0.15) is 0 Å². The summed E-state index contributed by atoms with van der Waals surface area (Å²) in [6, 6.07) is 1.73. The lowest BCUT2D eigenvalue weighted by Gasteiger charge is -2.10. The summed E-state index contributed by atoms with van der Waals surface area (Å²) in [5.74, 6) is -0.286. The minimum Gasteiger partial charge on any atom is -0.466 e. The monoisotopic (exact) mass is 265 g/mol. The van der Waals surface area contributed by atoms with Crippen molar-refractivity contribution in [2.45, 2.75) is 26.7 Å². The zero-order valence-corrected chi connectivity index (χ0v) is 11.2. The van der Waals surface area contributed by atoms with E-state index >= 15 is 0 Å². The Kier molecular flexibility index (Phi) is 5.78. The van der Waals surface area contributed by atoms with Gasteiger partial charge in [0, 0.05) is 19.2 Å². The third kappa shape index (κ3) is 4.57. The molecule has 0 unspecified atom stereocenters. The molecule has 0 fully saturated rings. The van der Waals surface area contributed by atoms with E-state index in [2.05, 4.69) is 10.3 Å². The van der Waals surface area contributed by atoms with Gasteiger partial charge in [0.15, 0.2) is 0 Å². The largest absolute Gasteiger partial charge is 0.466 e. The van der Waals surface area contributed by atoms with Crippen LogP contribution in [0.25, 0.3) is 0 Å². The molecule has 1 heterocycles. The number of esters is 1. The predicted octanol–water partition coefficient (Wildman–Crippen LogP) is 1.24. The minimum atomic E-state index is -0.515. The molecule has 0 aliphatic rings. The molecule has 6 heteroatoms. The Hall–Kier alpha value is -2.11. The first kappa shape index (κ1) is 14.9. The summed E-state index contributed by atoms with van der Waals surface area (Å²) in [4.78, 5) is 26.6. The Morgan fingerprint density at radius 3 is 2.84 bits per heavy atom. The highest BCUT2D eigenvalue weighted by molar-refractivity contribution is 5.98. The van der Waals surface area contributed by atoms with Crippen LogP contribution < -0.4 is 11.1 Å². The maximum Gasteiger partial charge on any atom is 0.305 e. The Morgan fingerprint density at radius 2 is 2.21 bits per heavy atom. The van der Waals surface area contributed by atoms with Crippen LogP contribution in [0.3, 0.4) is 0 Å². The number of nitrogens with one attached hydrogen (secondary N) is 1. The molecule has 1 aromatic heterocycles. The molecule has 0 saturated heterocycles. The average molecular weight is 265 g/mol. The molecule has 0 aliphatic carbocycles. The Bertz CT molecular complexity index is 460. The number of ether oxygens (including phenoxy) is 1. The number of rotatable bonds is 7. The molecular weight excluding hydrogens is 246 g/mol. The number of aryl methyl sites for hydroxylation is 1. The number of primary amides is 1. The van der Waals surface area contributed by atoms with Crippen LogP contribution in [-0.4, -0.2) is 30.0 Å². The summed E-state index contributed by atoms with van der Waals surface area (Å²) in [7, 11) is 0. The topological polar surface area (TPSA) is 94.3 Å². The van der Waals surface area contributed by atoms with E-state index in [0.29, 0.717) is 37.4 Å². The first-order valence-electron chi connectivity index (χ1n) is 6.21. The van der Waals surface area contributed by atoms with E-state index < -0.39 is 5.91 Å². The number of pyridine rings is 1. The molecule has 1 rings (SSSR count). The molecule has 0 saturated carbocycles. The van der Waals surface area contributed by atoms with Crippen molar-refractivity contribution < 1.29 is 14.3 Å². The molecular formula is C13H19N3O3. The molecule has 0 aromatic carbocycles. The van der Waals surface area contributed by atoms with Gasteiger partial charge in [0.05, 0.1) is 12.2 Å². The van der Waals surface area contributed by atoms with Gasteiger partial charge in [-0.25, -0.2) is 4.98 Å². The number of nitrogens with two attached hydrogens (primary N) is 1. The molecule has 0 atom stereocenters. The predicted molar refractivity (Wildman–Crippen MR) is 71.8 cm³/mol. The normalized spacial score (nSPS) is 10.0. The number of hydrogen-bond donors (Lipinski definition) is 2. The maximum absolute atomic E-state index is 11.3. The van der Waals surface area contributed by atoms with Gasteiger partial charge >= 0.3 is 5.97 Å². The molecule has 1 amide bonds. The molecule has 19 heavy (non-hydrogen) atoms. The number of nitrogens with zero attached hydrogens (tertiary/aromatic N) is 1. The van der Waals surface area contributed by atoms with Crippen LogP contribution in [0.15, 0.2) is 12.3 Å². The van der Waals surface area contributed by atoms with Crippen molar-refractivity contribution in [2.24, 2.45) is 5.73 Å². The van der Waals surface area contributed by atoms with Crippen LogP contribution in [0.4, 0.5) is 5.82 Å². The summed E-state index contributed by atoms with van der Waals surface area (Å²) in [5, 5.41) is 3.01. The smallest absolute Gasteiger partial charge is 0.305 e. The van der Waals surface area contributed by atoms with Crippen molar-refractivity contribution in [1.29, 1.82) is 0 Å². The number of aromatic nitrogens is 1. The first-order chi connectivity index (χ1) is 9.06. The van der Waals surface area contributed by atoms with Gasteiger partial charge in [-0.3, -0.25) is 9.59 Å². The van der Waals surface area contributed by atoms with E-state index in [-0.39, 0.29) is 5.97 Å². The summed E-state index contributed by atoms with van der Waals surface area (Å²) < 4.78 is 4.82. The van der Waals surface area contributed by atoms with Crippen LogP contribution in [0, 0.1) is 6.92 Å². The molecule has 0 radical (unpaired) electrons. The van der Waals surface area contributed by atoms with Crippen LogP contribution in [0.2, 0.25) is 0 Å². The van der Waals surface area contributed by atoms with Crippen LogP contribution in [0.1, 0.15) is 35.7 Å². The second kappa shape index (κ2) is 7.35. The fraction of sp³-hybridized carbons (Fsp3) is 0.462. The van der Waals surface area contributed by atoms with E-state index in [1.54, 1.807) is 26.1 Å². The maximum atomic E-state index is 11.3. The van der Waals surface area contributed by atoms with Crippen molar-refractivity contribution in [1.82, 2.24) is 4.98 Å². The van der Waals surface area contributed by atoms with Gasteiger partial charge in [0.2, 0.25) is 0 Å². The molecule has 0 bridgehead atoms. The highest BCUT2D eigenvalue weighted by Crippen LogP contribution is 2.15. The van der Waals surface area contributed by atoms with Gasteiger partial charge in [-0.05, 0) is 31.9 Å². The van der Waals surface area contributed by atoms with Gasteiger partial charge in [0.25, 0.3) is 5.91 Å². The van der Waals surface area contributed by atoms with Crippen molar-refractivity contribution in [3.8, 4) is 0 Å². The summed E-state index contributed by atoms with van der Waals surface area (Å²) in [6.07, 6.45) is 2.54. The van der Waals surface area contributed by atoms with Crippen LogP contribution in [0.5, 0.6) is 0 Å². The third-order valence-electron chi connectivity index (χ3n) is 2.56. The second-order valence-electron chi connectivity index (χ2n) is 4.05. The molecule has 104 valence electrons. The highest BCUT2D eigenvalue weighted by atomic mass is 16.5. The van der Waals surface area contributed by atoms with Gasteiger partial charge < -0.3 is 15.8 Å². The average Bonchev–Trinajstić information content (AvgIpc) is 2.34. The van der Waals surface area contributed by atoms with Gasteiger partial charge in [-0.1, -0.05) is 0 Å². The molecule has 0 aliphatic heterocycles. The molecule has 1 aromatic rings. The van der Waals surface area contributed by atoms with Crippen LogP contribution in [-0.2, 0) is 9.53 Å². The first-order valence-corrected chi connectivity index (χ1v) is 6.21. The zero-order valence-electron chi connectivity index (χ0n) is 11.2. The number of hydrogen-bond acceptors (Lipinski definition) is 5. The van der Waals surface area contributed by atoms with E-state index in [1.165, 1.54) is 0 Å². The fourth-order valence-corrected chi connectivity index (χ4v) is 1.68. The van der Waals surface area contributed by atoms with E-state index in [9.17, 15) is 9.59 Å². The Balaban J connectivity index is 2.52. The number of amides is 1. The zero-order chi connectivity index (χ0) is 14.3. The number of anilines is 1. The van der Waals surface area contributed by atoms with Gasteiger partial charge in [0.1, 0.15) is 5.82 Å². The lowest BCUT2D eigenvalue weighted by molar-refractivity contribution is -0.143.